The van der Waals surface area contributed by atoms with Gasteiger partial charge in [0.2, 0.25) is 0 Å². The van der Waals surface area contributed by atoms with Gasteiger partial charge in [0.25, 0.3) is 0 Å². The van der Waals surface area contributed by atoms with E-state index < -0.39 is 17.8 Å². The molecular formula is C25H28O5. The monoisotopic (exact) mass is 408 g/mol. The lowest BCUT2D eigenvalue weighted by molar-refractivity contribution is -0.0433. The number of hydrogen-bond acceptors (Lipinski definition) is 5. The molecule has 4 rings (SSSR count). The van der Waals surface area contributed by atoms with Crippen LogP contribution in [0.2, 0.25) is 0 Å². The Kier molecular flexibility index (Phi) is 5.33. The van der Waals surface area contributed by atoms with E-state index in [1.807, 2.05) is 19.9 Å². The van der Waals surface area contributed by atoms with Crippen LogP contribution >= 0.6 is 0 Å². The van der Waals surface area contributed by atoms with E-state index in [9.17, 15) is 15.0 Å². The number of benzene rings is 2. The number of carbonyl (C=O) groups is 1. The van der Waals surface area contributed by atoms with Crippen LogP contribution in [0.5, 0.6) is 17.2 Å². The minimum Gasteiger partial charge on any atom is -0.508 e. The van der Waals surface area contributed by atoms with Gasteiger partial charge in [-0.25, -0.2) is 0 Å². The molecule has 0 saturated carbocycles. The highest BCUT2D eigenvalue weighted by atomic mass is 16.5. The van der Waals surface area contributed by atoms with Gasteiger partial charge in [-0.2, -0.15) is 0 Å². The first-order chi connectivity index (χ1) is 14.2. The fourth-order valence-electron chi connectivity index (χ4n) is 4.15. The maximum absolute atomic E-state index is 12.8. The highest BCUT2D eigenvalue weighted by Gasteiger charge is 2.41. The number of fused-ring (bicyclic) bond motifs is 3. The Morgan fingerprint density at radius 3 is 2.57 bits per heavy atom. The molecule has 2 aromatic rings. The number of aliphatic hydroxyl groups is 1. The van der Waals surface area contributed by atoms with E-state index in [0.717, 1.165) is 17.5 Å². The number of ether oxygens (including phenoxy) is 2. The maximum atomic E-state index is 12.8. The molecule has 0 spiro atoms. The van der Waals surface area contributed by atoms with Gasteiger partial charge in [0.15, 0.2) is 5.78 Å². The Balaban J connectivity index is 1.58. The van der Waals surface area contributed by atoms with Crippen molar-refractivity contribution in [1.29, 1.82) is 0 Å². The quantitative estimate of drug-likeness (QED) is 0.688. The van der Waals surface area contributed by atoms with E-state index >= 15 is 0 Å². The Labute approximate surface area is 177 Å². The summed E-state index contributed by atoms with van der Waals surface area (Å²) in [6.07, 6.45) is 3.43. The Morgan fingerprint density at radius 1 is 1.13 bits per heavy atom. The lowest BCUT2D eigenvalue weighted by atomic mass is 9.88. The van der Waals surface area contributed by atoms with Crippen molar-refractivity contribution in [1.82, 2.24) is 0 Å². The zero-order valence-electron chi connectivity index (χ0n) is 17.6. The van der Waals surface area contributed by atoms with Crippen molar-refractivity contribution in [2.45, 2.75) is 64.3 Å². The van der Waals surface area contributed by atoms with Gasteiger partial charge in [-0.05, 0) is 63.4 Å². The van der Waals surface area contributed by atoms with Gasteiger partial charge in [-0.3, -0.25) is 4.79 Å². The fourth-order valence-corrected chi connectivity index (χ4v) is 4.15. The van der Waals surface area contributed by atoms with Gasteiger partial charge >= 0.3 is 0 Å². The number of allylic oxidation sites excluding steroid dienone is 2. The zero-order valence-corrected chi connectivity index (χ0v) is 17.6. The number of rotatable bonds is 5. The van der Waals surface area contributed by atoms with E-state index in [1.54, 1.807) is 37.3 Å². The van der Waals surface area contributed by atoms with Crippen molar-refractivity contribution < 1.29 is 24.5 Å². The number of hydrogen-bond donors (Lipinski definition) is 2. The molecule has 0 amide bonds. The second kappa shape index (κ2) is 7.80. The standard InChI is InChI=1S/C25H28O5/c1-15(2)5-4-12-25(3,28)23-13-19-21(29-23)11-10-18-20(27)14-22(30-24(18)19)16-6-8-17(26)9-7-16/h5-11,22-23,26,28H,4,12-14H2,1-3H3/t22-,23?,25?/m0/s1. The Hall–Kier alpha value is -2.79. The minimum atomic E-state index is -0.993. The number of phenolic OH excluding ortho intramolecular Hbond substituents is 1. The van der Waals surface area contributed by atoms with E-state index in [-0.39, 0.29) is 18.0 Å². The van der Waals surface area contributed by atoms with Crippen molar-refractivity contribution in [3.05, 3.63) is 64.7 Å². The molecule has 0 radical (unpaired) electrons. The highest BCUT2D eigenvalue weighted by molar-refractivity contribution is 6.00. The third-order valence-corrected chi connectivity index (χ3v) is 5.97. The summed E-state index contributed by atoms with van der Waals surface area (Å²) >= 11 is 0. The van der Waals surface area contributed by atoms with Crippen molar-refractivity contribution in [2.24, 2.45) is 0 Å². The molecule has 2 aliphatic rings. The molecule has 2 aliphatic heterocycles. The van der Waals surface area contributed by atoms with Crippen LogP contribution in [0.15, 0.2) is 48.0 Å². The Morgan fingerprint density at radius 2 is 1.87 bits per heavy atom. The zero-order chi connectivity index (χ0) is 21.5. The summed E-state index contributed by atoms with van der Waals surface area (Å²) in [5.74, 6) is 1.43. The van der Waals surface area contributed by atoms with Gasteiger partial charge in [0.05, 0.1) is 17.6 Å². The predicted octanol–water partition coefficient (Wildman–Crippen LogP) is 4.90. The van der Waals surface area contributed by atoms with Gasteiger partial charge in [-0.1, -0.05) is 23.8 Å². The first kappa shape index (κ1) is 20.5. The summed E-state index contributed by atoms with van der Waals surface area (Å²) in [4.78, 5) is 12.8. The molecule has 5 nitrogen and oxygen atoms in total. The summed E-state index contributed by atoms with van der Waals surface area (Å²) in [7, 11) is 0. The average Bonchev–Trinajstić information content (AvgIpc) is 3.14. The van der Waals surface area contributed by atoms with Crippen LogP contribution in [0.25, 0.3) is 0 Å². The summed E-state index contributed by atoms with van der Waals surface area (Å²) in [5, 5.41) is 20.6. The number of carbonyl (C=O) groups excluding carboxylic acids is 1. The topological polar surface area (TPSA) is 76.0 Å². The Bertz CT molecular complexity index is 983. The smallest absolute Gasteiger partial charge is 0.170 e. The highest BCUT2D eigenvalue weighted by Crippen LogP contribution is 2.46. The van der Waals surface area contributed by atoms with Gasteiger partial charge in [0.1, 0.15) is 29.5 Å². The van der Waals surface area contributed by atoms with Crippen molar-refractivity contribution >= 4 is 5.78 Å². The van der Waals surface area contributed by atoms with Gasteiger partial charge < -0.3 is 19.7 Å². The summed E-state index contributed by atoms with van der Waals surface area (Å²) in [5.41, 5.74) is 2.48. The van der Waals surface area contributed by atoms with Gasteiger partial charge in [-0.15, -0.1) is 0 Å². The molecule has 0 saturated heterocycles. The van der Waals surface area contributed by atoms with Gasteiger partial charge in [0, 0.05) is 12.0 Å². The first-order valence-corrected chi connectivity index (χ1v) is 10.4. The largest absolute Gasteiger partial charge is 0.508 e. The van der Waals surface area contributed by atoms with E-state index in [2.05, 4.69) is 6.08 Å². The third-order valence-electron chi connectivity index (χ3n) is 5.97. The molecule has 5 heteroatoms. The molecule has 30 heavy (non-hydrogen) atoms. The van der Waals surface area contributed by atoms with E-state index in [1.165, 1.54) is 5.57 Å². The van der Waals surface area contributed by atoms with E-state index in [0.29, 0.717) is 29.9 Å². The molecule has 0 aromatic heterocycles. The van der Waals surface area contributed by atoms with Crippen molar-refractivity contribution in [3.63, 3.8) is 0 Å². The second-order valence-electron chi connectivity index (χ2n) is 8.73. The SMILES string of the molecule is CC(C)=CCCC(C)(O)C1Cc2c(ccc3c2O[C@H](c2ccc(O)cc2)CC3=O)O1. The molecule has 0 fully saturated rings. The van der Waals surface area contributed by atoms with Crippen LogP contribution in [0.4, 0.5) is 0 Å². The summed E-state index contributed by atoms with van der Waals surface area (Å²) < 4.78 is 12.4. The minimum absolute atomic E-state index is 0.0240. The molecule has 0 aliphatic carbocycles. The van der Waals surface area contributed by atoms with Crippen LogP contribution in [-0.2, 0) is 6.42 Å². The van der Waals surface area contributed by atoms with Crippen LogP contribution in [0.1, 0.15) is 67.6 Å². The van der Waals surface area contributed by atoms with Crippen LogP contribution < -0.4 is 9.47 Å². The maximum Gasteiger partial charge on any atom is 0.170 e. The summed E-state index contributed by atoms with van der Waals surface area (Å²) in [6, 6.07) is 10.3. The number of ketones is 1. The average molecular weight is 408 g/mol. The van der Waals surface area contributed by atoms with E-state index in [4.69, 9.17) is 9.47 Å². The fraction of sp³-hybridized carbons (Fsp3) is 0.400. The van der Waals surface area contributed by atoms with Crippen molar-refractivity contribution in [3.8, 4) is 17.2 Å². The van der Waals surface area contributed by atoms with Crippen molar-refractivity contribution in [2.75, 3.05) is 0 Å². The summed E-state index contributed by atoms with van der Waals surface area (Å²) in [6.45, 7) is 5.89. The number of Topliss-reactive ketones (excluding diaryl/α,β-unsaturated/α-hetero) is 1. The lowest BCUT2D eigenvalue weighted by Crippen LogP contribution is -2.42. The van der Waals surface area contributed by atoms with Crippen LogP contribution in [0, 0.1) is 0 Å². The molecule has 2 N–H and O–H groups in total. The third kappa shape index (κ3) is 3.94. The first-order valence-electron chi connectivity index (χ1n) is 10.4. The van der Waals surface area contributed by atoms with Crippen LogP contribution in [-0.4, -0.2) is 27.7 Å². The number of aromatic hydroxyl groups is 1. The number of phenols is 1. The molecule has 158 valence electrons. The molecule has 3 atom stereocenters. The second-order valence-corrected chi connectivity index (χ2v) is 8.73. The molecule has 2 heterocycles. The lowest BCUT2D eigenvalue weighted by Gasteiger charge is -2.29. The van der Waals surface area contributed by atoms with Crippen LogP contribution in [0.3, 0.4) is 0 Å². The normalized spacial score (nSPS) is 21.7. The molecule has 2 unspecified atom stereocenters. The molecular weight excluding hydrogens is 380 g/mol. The predicted molar refractivity (Wildman–Crippen MR) is 114 cm³/mol. The molecule has 2 aromatic carbocycles. The molecule has 0 bridgehead atoms.